The van der Waals surface area contributed by atoms with Crippen LogP contribution in [0.1, 0.15) is 0 Å². The summed E-state index contributed by atoms with van der Waals surface area (Å²) in [4.78, 5) is 0. The zero-order chi connectivity index (χ0) is 12.2. The van der Waals surface area contributed by atoms with Crippen molar-refractivity contribution in [3.63, 3.8) is 0 Å². The molecule has 0 heterocycles. The molecule has 0 bridgehead atoms. The maximum Gasteiger partial charge on any atom is 4.00 e. The number of fused-ring (bicyclic) bond motifs is 3. The van der Waals surface area contributed by atoms with E-state index in [0.29, 0.717) is 0 Å². The largest absolute Gasteiger partial charge is 4.00 e. The number of hydrogen-bond donors (Lipinski definition) is 0. The topological polar surface area (TPSA) is 0 Å². The summed E-state index contributed by atoms with van der Waals surface area (Å²) < 4.78 is 0. The SMILES string of the molecule is [Cl-].[Cl-].[Ti+4].c1cc[cH-]c1.c1ccc2c(c1)[cH-]c1ccccc12. The van der Waals surface area contributed by atoms with Gasteiger partial charge in [0.1, 0.15) is 0 Å². The molecule has 4 rings (SSSR count). The zero-order valence-corrected chi connectivity index (χ0v) is 14.4. The molecule has 0 aromatic heterocycles. The third-order valence-electron chi connectivity index (χ3n) is 3.08. The van der Waals surface area contributed by atoms with Crippen LogP contribution in [0.4, 0.5) is 0 Å². The standard InChI is InChI=1S/C13H9.C5H5.2ClH.Ti/c1-3-7-12-10(5-1)9-11-6-2-4-8-13(11)12;1-2-4-5-3-1;;;/h1-9H;1-5H;2*1H;/q2*-1;;;+4/p-2. The average molecular weight is 349 g/mol. The molecule has 3 heteroatoms. The maximum atomic E-state index is 2.24. The van der Waals surface area contributed by atoms with Crippen molar-refractivity contribution in [2.24, 2.45) is 0 Å². The van der Waals surface area contributed by atoms with Crippen molar-refractivity contribution in [1.29, 1.82) is 0 Å². The molecular weight excluding hydrogens is 335 g/mol. The van der Waals surface area contributed by atoms with Crippen LogP contribution in [0.5, 0.6) is 0 Å². The molecule has 0 nitrogen and oxygen atoms in total. The van der Waals surface area contributed by atoms with E-state index in [1.165, 1.54) is 21.5 Å². The number of rotatable bonds is 0. The van der Waals surface area contributed by atoms with Gasteiger partial charge in [0.15, 0.2) is 0 Å². The van der Waals surface area contributed by atoms with Crippen molar-refractivity contribution in [3.8, 4) is 0 Å². The molecule has 0 N–H and O–H groups in total. The van der Waals surface area contributed by atoms with E-state index >= 15 is 0 Å². The van der Waals surface area contributed by atoms with E-state index in [1.54, 1.807) is 0 Å². The number of halogens is 2. The summed E-state index contributed by atoms with van der Waals surface area (Å²) in [7, 11) is 0. The molecule has 0 aliphatic carbocycles. The van der Waals surface area contributed by atoms with E-state index in [9.17, 15) is 0 Å². The van der Waals surface area contributed by atoms with Crippen LogP contribution < -0.4 is 24.8 Å². The summed E-state index contributed by atoms with van der Waals surface area (Å²) >= 11 is 0. The van der Waals surface area contributed by atoms with Crippen LogP contribution in [0.3, 0.4) is 0 Å². The van der Waals surface area contributed by atoms with Crippen LogP contribution in [0.15, 0.2) is 84.9 Å². The van der Waals surface area contributed by atoms with Gasteiger partial charge in [0.05, 0.1) is 0 Å². The van der Waals surface area contributed by atoms with Crippen LogP contribution in [0.25, 0.3) is 21.5 Å². The molecule has 104 valence electrons. The minimum absolute atomic E-state index is 0. The Morgan fingerprint density at radius 3 is 1.38 bits per heavy atom. The van der Waals surface area contributed by atoms with Gasteiger partial charge < -0.3 is 24.8 Å². The van der Waals surface area contributed by atoms with Gasteiger partial charge in [-0.3, -0.25) is 0 Å². The molecule has 0 fully saturated rings. The third kappa shape index (κ3) is 4.73. The summed E-state index contributed by atoms with van der Waals surface area (Å²) in [6, 6.07) is 29.3. The van der Waals surface area contributed by atoms with E-state index in [4.69, 9.17) is 0 Å². The molecule has 0 saturated carbocycles. The van der Waals surface area contributed by atoms with Crippen molar-refractivity contribution in [2.75, 3.05) is 0 Å². The number of benzene rings is 2. The molecule has 4 aromatic rings. The molecule has 0 spiro atoms. The predicted molar refractivity (Wildman–Crippen MR) is 79.1 cm³/mol. The monoisotopic (exact) mass is 348 g/mol. The maximum absolute atomic E-state index is 2.24. The van der Waals surface area contributed by atoms with Gasteiger partial charge in [0.2, 0.25) is 0 Å². The minimum Gasteiger partial charge on any atom is -1.00 e. The van der Waals surface area contributed by atoms with Crippen LogP contribution in [-0.4, -0.2) is 0 Å². The minimum atomic E-state index is 0. The smallest absolute Gasteiger partial charge is 1.00 e. The first-order valence-corrected chi connectivity index (χ1v) is 6.15. The zero-order valence-electron chi connectivity index (χ0n) is 11.3. The van der Waals surface area contributed by atoms with Crippen molar-refractivity contribution in [2.45, 2.75) is 0 Å². The number of hydrogen-bond acceptors (Lipinski definition) is 0. The van der Waals surface area contributed by atoms with Gasteiger partial charge in [-0.15, -0.1) is 39.7 Å². The van der Waals surface area contributed by atoms with Gasteiger partial charge in [0, 0.05) is 0 Å². The van der Waals surface area contributed by atoms with Gasteiger partial charge in [-0.25, -0.2) is 12.1 Å². The fourth-order valence-electron chi connectivity index (χ4n) is 2.22. The molecule has 0 aliphatic rings. The summed E-state index contributed by atoms with van der Waals surface area (Å²) in [6.07, 6.45) is 0. The Balaban J connectivity index is 0.000000437. The second kappa shape index (κ2) is 9.81. The first kappa shape index (κ1) is 20.0. The Morgan fingerprint density at radius 1 is 0.571 bits per heavy atom. The predicted octanol–water partition coefficient (Wildman–Crippen LogP) is -0.877. The fourth-order valence-corrected chi connectivity index (χ4v) is 2.22. The molecule has 0 amide bonds. The summed E-state index contributed by atoms with van der Waals surface area (Å²) in [5, 5.41) is 5.39. The van der Waals surface area contributed by atoms with Crippen molar-refractivity contribution < 1.29 is 46.5 Å². The Kier molecular flexibility index (Phi) is 9.32. The second-order valence-corrected chi connectivity index (χ2v) is 4.28. The molecule has 4 aromatic carbocycles. The average Bonchev–Trinajstić information content (AvgIpc) is 3.10. The van der Waals surface area contributed by atoms with Crippen molar-refractivity contribution in [1.82, 2.24) is 0 Å². The van der Waals surface area contributed by atoms with Gasteiger partial charge in [-0.05, 0) is 0 Å². The molecule has 0 saturated heterocycles. The Bertz CT molecular complexity index is 674. The van der Waals surface area contributed by atoms with Gasteiger partial charge in [0.25, 0.3) is 0 Å². The van der Waals surface area contributed by atoms with Crippen LogP contribution in [0.2, 0.25) is 0 Å². The molecule has 0 atom stereocenters. The Morgan fingerprint density at radius 2 is 1.00 bits per heavy atom. The first-order chi connectivity index (χ1) is 8.95. The normalized spacial score (nSPS) is 8.76. The van der Waals surface area contributed by atoms with E-state index in [1.807, 2.05) is 30.3 Å². The van der Waals surface area contributed by atoms with Crippen LogP contribution >= 0.6 is 0 Å². The van der Waals surface area contributed by atoms with Gasteiger partial charge in [-0.1, -0.05) is 36.4 Å². The van der Waals surface area contributed by atoms with E-state index in [0.717, 1.165) is 0 Å². The fraction of sp³-hybridized carbons (Fsp3) is 0. The van der Waals surface area contributed by atoms with Crippen LogP contribution in [0, 0.1) is 0 Å². The summed E-state index contributed by atoms with van der Waals surface area (Å²) in [5.74, 6) is 0. The van der Waals surface area contributed by atoms with Gasteiger partial charge in [-0.2, -0.15) is 18.2 Å². The molecular formula is C18H14Cl2Ti. The van der Waals surface area contributed by atoms with Crippen LogP contribution in [-0.2, 0) is 21.7 Å². The van der Waals surface area contributed by atoms with E-state index in [-0.39, 0.29) is 46.5 Å². The molecule has 0 aliphatic heterocycles. The van der Waals surface area contributed by atoms with Crippen molar-refractivity contribution in [3.05, 3.63) is 84.9 Å². The Labute approximate surface area is 152 Å². The van der Waals surface area contributed by atoms with E-state index in [2.05, 4.69) is 54.6 Å². The summed E-state index contributed by atoms with van der Waals surface area (Å²) in [6.45, 7) is 0. The first-order valence-electron chi connectivity index (χ1n) is 6.15. The third-order valence-corrected chi connectivity index (χ3v) is 3.08. The molecule has 0 unspecified atom stereocenters. The molecule has 0 radical (unpaired) electrons. The second-order valence-electron chi connectivity index (χ2n) is 4.28. The summed E-state index contributed by atoms with van der Waals surface area (Å²) in [5.41, 5.74) is 0. The quantitative estimate of drug-likeness (QED) is 0.286. The van der Waals surface area contributed by atoms with Crippen molar-refractivity contribution >= 4 is 21.5 Å². The Hall–Kier alpha value is -1.05. The molecule has 21 heavy (non-hydrogen) atoms. The van der Waals surface area contributed by atoms with E-state index < -0.39 is 0 Å². The van der Waals surface area contributed by atoms with Gasteiger partial charge >= 0.3 is 21.7 Å².